The van der Waals surface area contributed by atoms with Gasteiger partial charge in [-0.3, -0.25) is 4.79 Å². The van der Waals surface area contributed by atoms with Crippen molar-refractivity contribution in [2.24, 2.45) is 0 Å². The summed E-state index contributed by atoms with van der Waals surface area (Å²) < 4.78 is 15.1. The average molecular weight is 297 g/mol. The minimum Gasteiger partial charge on any atom is -0.322 e. The normalized spacial score (nSPS) is 10.9. The molecule has 2 aromatic heterocycles. The zero-order chi connectivity index (χ0) is 15.7. The van der Waals surface area contributed by atoms with Crippen LogP contribution in [0.15, 0.2) is 42.6 Å². The van der Waals surface area contributed by atoms with Gasteiger partial charge in [0.1, 0.15) is 11.5 Å². The fourth-order valence-corrected chi connectivity index (χ4v) is 2.45. The molecule has 0 saturated carbocycles. The maximum absolute atomic E-state index is 13.2. The van der Waals surface area contributed by atoms with Crippen molar-refractivity contribution in [3.63, 3.8) is 0 Å². The van der Waals surface area contributed by atoms with E-state index < -0.39 is 0 Å². The number of carbonyl (C=O) groups is 1. The third-order valence-electron chi connectivity index (χ3n) is 3.64. The maximum Gasteiger partial charge on any atom is 0.257 e. The van der Waals surface area contributed by atoms with Crippen LogP contribution >= 0.6 is 0 Å². The lowest BCUT2D eigenvalue weighted by Gasteiger charge is -2.06. The summed E-state index contributed by atoms with van der Waals surface area (Å²) in [6.45, 7) is 4.03. The van der Waals surface area contributed by atoms with Crippen LogP contribution in [0.4, 0.5) is 10.1 Å². The summed E-state index contributed by atoms with van der Waals surface area (Å²) in [5.74, 6) is -0.662. The largest absolute Gasteiger partial charge is 0.322 e. The number of pyridine rings is 1. The highest BCUT2D eigenvalue weighted by Gasteiger charge is 2.11. The third-order valence-corrected chi connectivity index (χ3v) is 3.64. The Morgan fingerprint density at radius 3 is 2.86 bits per heavy atom. The van der Waals surface area contributed by atoms with E-state index >= 15 is 0 Å². The van der Waals surface area contributed by atoms with Crippen LogP contribution in [-0.2, 0) is 6.42 Å². The molecule has 3 aromatic rings. The molecule has 22 heavy (non-hydrogen) atoms. The van der Waals surface area contributed by atoms with Crippen molar-refractivity contribution >= 4 is 17.2 Å². The summed E-state index contributed by atoms with van der Waals surface area (Å²) in [4.78, 5) is 16.8. The standard InChI is InChI=1S/C17H16FN3O/c1-3-15-11(2)21-10-12(7-8-16(21)20-15)17(22)19-14-6-4-5-13(18)9-14/h4-10H,3H2,1-2H3,(H,19,22). The summed E-state index contributed by atoms with van der Waals surface area (Å²) >= 11 is 0. The zero-order valence-corrected chi connectivity index (χ0v) is 12.4. The first-order valence-electron chi connectivity index (χ1n) is 7.13. The molecule has 0 saturated heterocycles. The molecule has 1 amide bonds. The van der Waals surface area contributed by atoms with E-state index in [9.17, 15) is 9.18 Å². The van der Waals surface area contributed by atoms with Crippen molar-refractivity contribution in [1.82, 2.24) is 9.38 Å². The number of benzene rings is 1. The maximum atomic E-state index is 13.2. The number of hydrogen-bond donors (Lipinski definition) is 1. The number of aryl methyl sites for hydroxylation is 2. The third kappa shape index (κ3) is 2.57. The Bertz CT molecular complexity index is 854. The van der Waals surface area contributed by atoms with Gasteiger partial charge in [-0.05, 0) is 43.7 Å². The van der Waals surface area contributed by atoms with E-state index in [1.165, 1.54) is 12.1 Å². The van der Waals surface area contributed by atoms with E-state index in [1.54, 1.807) is 24.4 Å². The summed E-state index contributed by atoms with van der Waals surface area (Å²) in [5.41, 5.74) is 3.79. The van der Waals surface area contributed by atoms with E-state index in [0.717, 1.165) is 23.5 Å². The number of amides is 1. The molecule has 4 nitrogen and oxygen atoms in total. The number of aromatic nitrogens is 2. The van der Waals surface area contributed by atoms with Crippen LogP contribution in [0.5, 0.6) is 0 Å². The van der Waals surface area contributed by atoms with E-state index in [-0.39, 0.29) is 11.7 Å². The smallest absolute Gasteiger partial charge is 0.257 e. The minimum atomic E-state index is -0.383. The Kier molecular flexibility index (Phi) is 3.63. The van der Waals surface area contributed by atoms with Gasteiger partial charge in [0.2, 0.25) is 0 Å². The van der Waals surface area contributed by atoms with Crippen molar-refractivity contribution in [1.29, 1.82) is 0 Å². The number of imidazole rings is 1. The molecule has 2 heterocycles. The number of carbonyl (C=O) groups excluding carboxylic acids is 1. The van der Waals surface area contributed by atoms with Crippen LogP contribution in [0.25, 0.3) is 5.65 Å². The van der Waals surface area contributed by atoms with Crippen molar-refractivity contribution in [3.05, 3.63) is 65.4 Å². The zero-order valence-electron chi connectivity index (χ0n) is 12.4. The summed E-state index contributed by atoms with van der Waals surface area (Å²) in [7, 11) is 0. The number of nitrogens with one attached hydrogen (secondary N) is 1. The monoisotopic (exact) mass is 297 g/mol. The van der Waals surface area contributed by atoms with Crippen molar-refractivity contribution < 1.29 is 9.18 Å². The van der Waals surface area contributed by atoms with Gasteiger partial charge in [0.05, 0.1) is 11.3 Å². The van der Waals surface area contributed by atoms with Gasteiger partial charge < -0.3 is 9.72 Å². The molecular weight excluding hydrogens is 281 g/mol. The van der Waals surface area contributed by atoms with Gasteiger partial charge in [-0.1, -0.05) is 13.0 Å². The molecule has 0 fully saturated rings. The molecule has 0 radical (unpaired) electrons. The van der Waals surface area contributed by atoms with Crippen molar-refractivity contribution in [3.8, 4) is 0 Å². The molecule has 0 spiro atoms. The summed E-state index contributed by atoms with van der Waals surface area (Å²) in [6, 6.07) is 9.36. The first-order valence-corrected chi connectivity index (χ1v) is 7.13. The van der Waals surface area contributed by atoms with Crippen LogP contribution in [0.3, 0.4) is 0 Å². The molecule has 0 aliphatic heterocycles. The van der Waals surface area contributed by atoms with Crippen LogP contribution in [-0.4, -0.2) is 15.3 Å². The lowest BCUT2D eigenvalue weighted by Crippen LogP contribution is -2.12. The second-order valence-corrected chi connectivity index (χ2v) is 5.11. The average Bonchev–Trinajstić information content (AvgIpc) is 2.83. The number of nitrogens with zero attached hydrogens (tertiary/aromatic N) is 2. The molecule has 0 unspecified atom stereocenters. The Hall–Kier alpha value is -2.69. The van der Waals surface area contributed by atoms with E-state index in [1.807, 2.05) is 24.3 Å². The Labute approximate surface area is 127 Å². The summed E-state index contributed by atoms with van der Waals surface area (Å²) in [5, 5.41) is 2.69. The molecule has 3 rings (SSSR count). The summed E-state index contributed by atoms with van der Waals surface area (Å²) in [6.07, 6.45) is 2.60. The number of rotatable bonds is 3. The molecule has 5 heteroatoms. The molecule has 0 aliphatic rings. The fraction of sp³-hybridized carbons (Fsp3) is 0.176. The lowest BCUT2D eigenvalue weighted by molar-refractivity contribution is 0.102. The second-order valence-electron chi connectivity index (χ2n) is 5.11. The van der Waals surface area contributed by atoms with Crippen LogP contribution in [0.2, 0.25) is 0 Å². The molecular formula is C17H16FN3O. The minimum absolute atomic E-state index is 0.279. The van der Waals surface area contributed by atoms with Gasteiger partial charge in [0.15, 0.2) is 0 Å². The molecule has 0 bridgehead atoms. The molecule has 0 aliphatic carbocycles. The quantitative estimate of drug-likeness (QED) is 0.803. The van der Waals surface area contributed by atoms with E-state index in [4.69, 9.17) is 0 Å². The van der Waals surface area contributed by atoms with Crippen molar-refractivity contribution in [2.75, 3.05) is 5.32 Å². The Morgan fingerprint density at radius 1 is 1.32 bits per heavy atom. The van der Waals surface area contributed by atoms with Gasteiger partial charge in [0, 0.05) is 17.6 Å². The van der Waals surface area contributed by atoms with Crippen LogP contribution < -0.4 is 5.32 Å². The van der Waals surface area contributed by atoms with Gasteiger partial charge in [0.25, 0.3) is 5.91 Å². The van der Waals surface area contributed by atoms with Gasteiger partial charge in [-0.2, -0.15) is 0 Å². The van der Waals surface area contributed by atoms with Gasteiger partial charge in [-0.25, -0.2) is 9.37 Å². The SMILES string of the molecule is CCc1nc2ccc(C(=O)Nc3cccc(F)c3)cn2c1C. The van der Waals surface area contributed by atoms with E-state index in [2.05, 4.69) is 10.3 Å². The fourth-order valence-electron chi connectivity index (χ4n) is 2.45. The Balaban J connectivity index is 1.92. The van der Waals surface area contributed by atoms with Crippen LogP contribution in [0.1, 0.15) is 28.7 Å². The number of hydrogen-bond acceptors (Lipinski definition) is 2. The van der Waals surface area contributed by atoms with Gasteiger partial charge in [-0.15, -0.1) is 0 Å². The Morgan fingerprint density at radius 2 is 2.14 bits per heavy atom. The van der Waals surface area contributed by atoms with E-state index in [0.29, 0.717) is 11.3 Å². The topological polar surface area (TPSA) is 46.4 Å². The highest BCUT2D eigenvalue weighted by atomic mass is 19.1. The molecule has 112 valence electrons. The predicted octanol–water partition coefficient (Wildman–Crippen LogP) is 3.60. The second kappa shape index (κ2) is 5.60. The lowest BCUT2D eigenvalue weighted by atomic mass is 10.2. The number of fused-ring (bicyclic) bond motifs is 1. The highest BCUT2D eigenvalue weighted by Crippen LogP contribution is 2.15. The van der Waals surface area contributed by atoms with Gasteiger partial charge >= 0.3 is 0 Å². The molecule has 1 aromatic carbocycles. The first kappa shape index (κ1) is 14.3. The number of anilines is 1. The molecule has 1 N–H and O–H groups in total. The number of halogens is 1. The van der Waals surface area contributed by atoms with Crippen LogP contribution in [0, 0.1) is 12.7 Å². The highest BCUT2D eigenvalue weighted by molar-refractivity contribution is 6.04. The first-order chi connectivity index (χ1) is 10.6. The predicted molar refractivity (Wildman–Crippen MR) is 83.7 cm³/mol. The molecule has 0 atom stereocenters. The van der Waals surface area contributed by atoms with Crippen molar-refractivity contribution in [2.45, 2.75) is 20.3 Å².